The van der Waals surface area contributed by atoms with Gasteiger partial charge in [0.25, 0.3) is 5.91 Å². The summed E-state index contributed by atoms with van der Waals surface area (Å²) in [4.78, 5) is 15.0. The van der Waals surface area contributed by atoms with Gasteiger partial charge >= 0.3 is 10.1 Å². The van der Waals surface area contributed by atoms with Gasteiger partial charge in [0.15, 0.2) is 11.5 Å². The van der Waals surface area contributed by atoms with Gasteiger partial charge in [0.05, 0.1) is 20.0 Å². The molecular formula is C22H29NO6S. The summed E-state index contributed by atoms with van der Waals surface area (Å²) in [7, 11) is -0.715. The molecule has 0 aliphatic rings. The Morgan fingerprint density at radius 3 is 2.37 bits per heavy atom. The van der Waals surface area contributed by atoms with E-state index in [1.807, 2.05) is 13.8 Å². The van der Waals surface area contributed by atoms with E-state index in [1.54, 1.807) is 54.5 Å². The Balaban J connectivity index is 2.37. The van der Waals surface area contributed by atoms with Crippen LogP contribution in [-0.4, -0.2) is 45.2 Å². The highest BCUT2D eigenvalue weighted by molar-refractivity contribution is 7.87. The fraction of sp³-hybridized carbons (Fsp3) is 0.409. The number of hydrogen-bond acceptors (Lipinski definition) is 6. The van der Waals surface area contributed by atoms with Crippen LogP contribution < -0.4 is 13.7 Å². The molecule has 0 bridgehead atoms. The highest BCUT2D eigenvalue weighted by atomic mass is 32.2. The lowest BCUT2D eigenvalue weighted by Gasteiger charge is -2.29. The Morgan fingerprint density at radius 1 is 1.03 bits per heavy atom. The van der Waals surface area contributed by atoms with Crippen LogP contribution in [0.5, 0.6) is 17.2 Å². The van der Waals surface area contributed by atoms with Gasteiger partial charge in [-0.05, 0) is 56.2 Å². The molecule has 2 aromatic rings. The molecule has 0 spiro atoms. The van der Waals surface area contributed by atoms with Crippen LogP contribution in [0.3, 0.4) is 0 Å². The third-order valence-electron chi connectivity index (χ3n) is 4.85. The number of amides is 1. The molecule has 0 aliphatic heterocycles. The van der Waals surface area contributed by atoms with Crippen LogP contribution in [0.4, 0.5) is 0 Å². The van der Waals surface area contributed by atoms with E-state index < -0.39 is 10.1 Å². The third kappa shape index (κ3) is 5.89. The van der Waals surface area contributed by atoms with Gasteiger partial charge in [0.2, 0.25) is 0 Å². The molecule has 2 aromatic carbocycles. The van der Waals surface area contributed by atoms with Crippen LogP contribution in [0.2, 0.25) is 0 Å². The van der Waals surface area contributed by atoms with Gasteiger partial charge in [-0.2, -0.15) is 8.42 Å². The number of nitrogens with zero attached hydrogens (tertiary/aromatic N) is 1. The first-order valence-corrected chi connectivity index (χ1v) is 11.4. The highest BCUT2D eigenvalue weighted by Gasteiger charge is 2.22. The van der Waals surface area contributed by atoms with Crippen molar-refractivity contribution in [2.75, 3.05) is 20.0 Å². The van der Waals surface area contributed by atoms with Gasteiger partial charge in [0.1, 0.15) is 5.75 Å². The van der Waals surface area contributed by atoms with E-state index in [0.717, 1.165) is 12.0 Å². The second-order valence-corrected chi connectivity index (χ2v) is 8.70. The molecule has 0 radical (unpaired) electrons. The number of carbonyl (C=O) groups excluding carboxylic acids is 1. The fourth-order valence-corrected chi connectivity index (χ4v) is 3.37. The van der Waals surface area contributed by atoms with Gasteiger partial charge < -0.3 is 18.6 Å². The standard InChI is InChI=1S/C22H29NO6S/c1-6-16(3)23(22(24)18-9-8-10-19(14-18)27-4)15-17-11-12-20(28-5)21(13-17)29-30(25,26)7-2/h8-14,16H,6-7,15H2,1-5H3. The summed E-state index contributed by atoms with van der Waals surface area (Å²) >= 11 is 0. The first-order valence-electron chi connectivity index (χ1n) is 9.78. The van der Waals surface area contributed by atoms with E-state index in [2.05, 4.69) is 0 Å². The molecule has 0 saturated carbocycles. The van der Waals surface area contributed by atoms with E-state index in [-0.39, 0.29) is 30.0 Å². The predicted molar refractivity (Wildman–Crippen MR) is 116 cm³/mol. The van der Waals surface area contributed by atoms with Gasteiger partial charge in [-0.15, -0.1) is 0 Å². The normalized spacial score (nSPS) is 12.2. The highest BCUT2D eigenvalue weighted by Crippen LogP contribution is 2.30. The van der Waals surface area contributed by atoms with Crippen molar-refractivity contribution in [1.82, 2.24) is 4.90 Å². The minimum absolute atomic E-state index is 0.0328. The van der Waals surface area contributed by atoms with E-state index in [0.29, 0.717) is 17.1 Å². The minimum Gasteiger partial charge on any atom is -0.497 e. The lowest BCUT2D eigenvalue weighted by molar-refractivity contribution is 0.0671. The van der Waals surface area contributed by atoms with Crippen molar-refractivity contribution in [2.24, 2.45) is 0 Å². The Morgan fingerprint density at radius 2 is 1.77 bits per heavy atom. The van der Waals surface area contributed by atoms with Crippen molar-refractivity contribution in [3.63, 3.8) is 0 Å². The molecular weight excluding hydrogens is 406 g/mol. The number of benzene rings is 2. The predicted octanol–water partition coefficient (Wildman–Crippen LogP) is 3.87. The van der Waals surface area contributed by atoms with E-state index >= 15 is 0 Å². The van der Waals surface area contributed by atoms with Crippen molar-refractivity contribution in [3.05, 3.63) is 53.6 Å². The second kappa shape index (κ2) is 10.3. The average Bonchev–Trinajstić information content (AvgIpc) is 2.76. The summed E-state index contributed by atoms with van der Waals surface area (Å²) in [5.74, 6) is 0.727. The van der Waals surface area contributed by atoms with Crippen LogP contribution in [0.1, 0.15) is 43.1 Å². The number of methoxy groups -OCH3 is 2. The summed E-state index contributed by atoms with van der Waals surface area (Å²) in [5, 5.41) is 0. The van der Waals surface area contributed by atoms with E-state index in [9.17, 15) is 13.2 Å². The van der Waals surface area contributed by atoms with Crippen molar-refractivity contribution in [2.45, 2.75) is 39.8 Å². The third-order valence-corrected chi connectivity index (χ3v) is 5.99. The van der Waals surface area contributed by atoms with Gasteiger partial charge in [0, 0.05) is 18.2 Å². The van der Waals surface area contributed by atoms with E-state index in [1.165, 1.54) is 14.0 Å². The SMILES string of the molecule is CCC(C)N(Cc1ccc(OC)c(OS(=O)(=O)CC)c1)C(=O)c1cccc(OC)c1. The minimum atomic E-state index is -3.71. The summed E-state index contributed by atoms with van der Waals surface area (Å²) in [6, 6.07) is 12.0. The quantitative estimate of drug-likeness (QED) is 0.527. The number of carbonyl (C=O) groups is 1. The molecule has 1 amide bonds. The summed E-state index contributed by atoms with van der Waals surface area (Å²) in [5.41, 5.74) is 1.25. The zero-order valence-electron chi connectivity index (χ0n) is 18.0. The Hall–Kier alpha value is -2.74. The fourth-order valence-electron chi connectivity index (χ4n) is 2.85. The van der Waals surface area contributed by atoms with E-state index in [4.69, 9.17) is 13.7 Å². The second-order valence-electron chi connectivity index (χ2n) is 6.84. The Bertz CT molecular complexity index is 973. The topological polar surface area (TPSA) is 82.1 Å². The van der Waals surface area contributed by atoms with Crippen molar-refractivity contribution in [3.8, 4) is 17.2 Å². The maximum atomic E-state index is 13.2. The lowest BCUT2D eigenvalue weighted by atomic mass is 10.1. The molecule has 0 saturated heterocycles. The molecule has 1 atom stereocenters. The van der Waals surface area contributed by atoms with Crippen LogP contribution in [0.25, 0.3) is 0 Å². The maximum Gasteiger partial charge on any atom is 0.309 e. The number of rotatable bonds is 10. The van der Waals surface area contributed by atoms with Crippen molar-refractivity contribution >= 4 is 16.0 Å². The molecule has 0 aliphatic carbocycles. The molecule has 8 heteroatoms. The largest absolute Gasteiger partial charge is 0.497 e. The monoisotopic (exact) mass is 435 g/mol. The molecule has 30 heavy (non-hydrogen) atoms. The van der Waals surface area contributed by atoms with Gasteiger partial charge in [-0.25, -0.2) is 0 Å². The Labute approximate surface area is 178 Å². The molecule has 0 fully saturated rings. The molecule has 0 N–H and O–H groups in total. The molecule has 0 heterocycles. The summed E-state index contributed by atoms with van der Waals surface area (Å²) in [6.45, 7) is 5.77. The summed E-state index contributed by atoms with van der Waals surface area (Å²) in [6.07, 6.45) is 0.763. The average molecular weight is 436 g/mol. The van der Waals surface area contributed by atoms with Gasteiger partial charge in [-0.1, -0.05) is 19.1 Å². The zero-order chi connectivity index (χ0) is 22.3. The van der Waals surface area contributed by atoms with Crippen molar-refractivity contribution in [1.29, 1.82) is 0 Å². The van der Waals surface area contributed by atoms with Crippen LogP contribution in [-0.2, 0) is 16.7 Å². The zero-order valence-corrected chi connectivity index (χ0v) is 18.9. The van der Waals surface area contributed by atoms with Crippen LogP contribution in [0.15, 0.2) is 42.5 Å². The Kier molecular flexibility index (Phi) is 8.11. The molecule has 1 unspecified atom stereocenters. The summed E-state index contributed by atoms with van der Waals surface area (Å²) < 4.78 is 39.5. The first kappa shape index (κ1) is 23.5. The van der Waals surface area contributed by atoms with Crippen LogP contribution in [0, 0.1) is 0 Å². The number of ether oxygens (including phenoxy) is 2. The lowest BCUT2D eigenvalue weighted by Crippen LogP contribution is -2.37. The molecule has 164 valence electrons. The van der Waals surface area contributed by atoms with Crippen molar-refractivity contribution < 1.29 is 26.9 Å². The maximum absolute atomic E-state index is 13.2. The first-order chi connectivity index (χ1) is 14.2. The van der Waals surface area contributed by atoms with Gasteiger partial charge in [-0.3, -0.25) is 4.79 Å². The smallest absolute Gasteiger partial charge is 0.309 e. The number of hydrogen-bond donors (Lipinski definition) is 0. The van der Waals surface area contributed by atoms with Crippen LogP contribution >= 0.6 is 0 Å². The molecule has 0 aromatic heterocycles. The molecule has 2 rings (SSSR count). The molecule has 7 nitrogen and oxygen atoms in total.